The lowest BCUT2D eigenvalue weighted by Crippen LogP contribution is -2.16. The zero-order chi connectivity index (χ0) is 8.48. The molecule has 0 saturated heterocycles. The van der Waals surface area contributed by atoms with Crippen molar-refractivity contribution in [1.82, 2.24) is 9.55 Å². The maximum absolute atomic E-state index is 11.7. The standard InChI is InChI=1S/C6H6F3N2/c1-5-2-11(4-10-5)3-6(7,8)9/h4H,3H2,1H3. The number of hydrogen-bond donors (Lipinski definition) is 0. The van der Waals surface area contributed by atoms with E-state index >= 15 is 0 Å². The van der Waals surface area contributed by atoms with Crippen LogP contribution in [0.2, 0.25) is 0 Å². The van der Waals surface area contributed by atoms with Crippen LogP contribution >= 0.6 is 0 Å². The quantitative estimate of drug-likeness (QED) is 0.614. The molecule has 0 aliphatic rings. The Morgan fingerprint density at radius 3 is 2.64 bits per heavy atom. The second kappa shape index (κ2) is 2.56. The van der Waals surface area contributed by atoms with Gasteiger partial charge in [0.25, 0.3) is 0 Å². The van der Waals surface area contributed by atoms with Gasteiger partial charge >= 0.3 is 6.18 Å². The highest BCUT2D eigenvalue weighted by Crippen LogP contribution is 2.16. The molecule has 11 heavy (non-hydrogen) atoms. The van der Waals surface area contributed by atoms with Crippen LogP contribution in [0.25, 0.3) is 0 Å². The highest BCUT2D eigenvalue weighted by molar-refractivity contribution is 4.89. The van der Waals surface area contributed by atoms with Gasteiger partial charge in [-0.15, -0.1) is 0 Å². The Kier molecular flexibility index (Phi) is 1.89. The number of halogens is 3. The molecule has 2 nitrogen and oxygen atoms in total. The molecule has 0 aliphatic heterocycles. The van der Waals surface area contributed by atoms with Crippen LogP contribution in [0.3, 0.4) is 0 Å². The third-order valence-corrected chi connectivity index (χ3v) is 1.05. The Balaban J connectivity index is 2.65. The molecule has 1 radical (unpaired) electrons. The number of hydrogen-bond acceptors (Lipinski definition) is 1. The second-order valence-corrected chi connectivity index (χ2v) is 2.18. The number of imidazole rings is 1. The molecule has 0 atom stereocenters. The van der Waals surface area contributed by atoms with Crippen molar-refractivity contribution in [1.29, 1.82) is 0 Å². The molecule has 1 rings (SSSR count). The van der Waals surface area contributed by atoms with Crippen LogP contribution in [-0.4, -0.2) is 15.7 Å². The van der Waals surface area contributed by atoms with Crippen molar-refractivity contribution in [2.45, 2.75) is 19.6 Å². The van der Waals surface area contributed by atoms with E-state index in [0.717, 1.165) is 10.9 Å². The first-order chi connectivity index (χ1) is 4.97. The minimum absolute atomic E-state index is 0.467. The van der Waals surface area contributed by atoms with Gasteiger partial charge in [-0.2, -0.15) is 13.2 Å². The number of aromatic nitrogens is 2. The molecule has 0 aromatic carbocycles. The lowest BCUT2D eigenvalue weighted by molar-refractivity contribution is -0.140. The highest BCUT2D eigenvalue weighted by atomic mass is 19.4. The topological polar surface area (TPSA) is 17.8 Å². The largest absolute Gasteiger partial charge is 0.406 e. The van der Waals surface area contributed by atoms with Gasteiger partial charge in [0.1, 0.15) is 6.54 Å². The van der Waals surface area contributed by atoms with Crippen molar-refractivity contribution in [2.75, 3.05) is 0 Å². The van der Waals surface area contributed by atoms with Gasteiger partial charge in [0.05, 0.1) is 18.2 Å². The first-order valence-electron chi connectivity index (χ1n) is 2.95. The SMILES string of the molecule is Cc1[c]n(CC(F)(F)F)cn1. The molecule has 0 unspecified atom stereocenters. The zero-order valence-corrected chi connectivity index (χ0v) is 5.81. The van der Waals surface area contributed by atoms with E-state index in [1.807, 2.05) is 0 Å². The predicted octanol–water partition coefficient (Wildman–Crippen LogP) is 1.55. The van der Waals surface area contributed by atoms with Crippen LogP contribution in [0.15, 0.2) is 6.33 Å². The van der Waals surface area contributed by atoms with Gasteiger partial charge in [0.15, 0.2) is 0 Å². The minimum Gasteiger partial charge on any atom is -0.320 e. The predicted molar refractivity (Wildman–Crippen MR) is 31.9 cm³/mol. The molecule has 0 spiro atoms. The molecule has 1 aromatic heterocycles. The van der Waals surface area contributed by atoms with Gasteiger partial charge in [0, 0.05) is 0 Å². The summed E-state index contributed by atoms with van der Waals surface area (Å²) in [5, 5.41) is 0. The number of rotatable bonds is 1. The van der Waals surface area contributed by atoms with E-state index in [-0.39, 0.29) is 0 Å². The Bertz CT molecular complexity index is 238. The van der Waals surface area contributed by atoms with Crippen molar-refractivity contribution in [3.8, 4) is 0 Å². The van der Waals surface area contributed by atoms with Crippen LogP contribution in [0.1, 0.15) is 5.69 Å². The highest BCUT2D eigenvalue weighted by Gasteiger charge is 2.27. The molecular formula is C6H6F3N2. The smallest absolute Gasteiger partial charge is 0.320 e. The molecule has 0 saturated carbocycles. The van der Waals surface area contributed by atoms with Crippen LogP contribution in [0, 0.1) is 13.1 Å². The van der Waals surface area contributed by atoms with E-state index in [0.29, 0.717) is 5.69 Å². The van der Waals surface area contributed by atoms with E-state index < -0.39 is 12.7 Å². The number of alkyl halides is 3. The van der Waals surface area contributed by atoms with E-state index in [1.165, 1.54) is 0 Å². The van der Waals surface area contributed by atoms with Gasteiger partial charge in [-0.25, -0.2) is 4.98 Å². The molecular weight excluding hydrogens is 157 g/mol. The average Bonchev–Trinajstić information content (AvgIpc) is 2.10. The molecule has 0 fully saturated rings. The summed E-state index contributed by atoms with van der Waals surface area (Å²) in [6, 6.07) is 0. The van der Waals surface area contributed by atoms with E-state index in [4.69, 9.17) is 0 Å². The summed E-state index contributed by atoms with van der Waals surface area (Å²) in [7, 11) is 0. The first kappa shape index (κ1) is 8.10. The summed E-state index contributed by atoms with van der Waals surface area (Å²) in [5.74, 6) is 0. The van der Waals surface area contributed by atoms with Crippen molar-refractivity contribution >= 4 is 0 Å². The zero-order valence-electron chi connectivity index (χ0n) is 5.81. The Morgan fingerprint density at radius 1 is 1.64 bits per heavy atom. The monoisotopic (exact) mass is 163 g/mol. The van der Waals surface area contributed by atoms with Crippen molar-refractivity contribution in [2.24, 2.45) is 0 Å². The van der Waals surface area contributed by atoms with Crippen LogP contribution in [0.5, 0.6) is 0 Å². The molecule has 1 heterocycles. The fourth-order valence-corrected chi connectivity index (χ4v) is 0.695. The van der Waals surface area contributed by atoms with E-state index in [2.05, 4.69) is 11.2 Å². The maximum Gasteiger partial charge on any atom is 0.406 e. The van der Waals surface area contributed by atoms with E-state index in [9.17, 15) is 13.2 Å². The Hall–Kier alpha value is -1.00. The van der Waals surface area contributed by atoms with Gasteiger partial charge in [-0.3, -0.25) is 0 Å². The fourth-order valence-electron chi connectivity index (χ4n) is 0.695. The van der Waals surface area contributed by atoms with Crippen molar-refractivity contribution in [3.63, 3.8) is 0 Å². The first-order valence-corrected chi connectivity index (χ1v) is 2.95. The van der Waals surface area contributed by atoms with Gasteiger partial charge in [-0.1, -0.05) is 0 Å². The molecule has 5 heteroatoms. The Morgan fingerprint density at radius 2 is 2.27 bits per heavy atom. The lowest BCUT2D eigenvalue weighted by Gasteiger charge is -2.04. The molecule has 0 amide bonds. The lowest BCUT2D eigenvalue weighted by atomic mass is 10.5. The van der Waals surface area contributed by atoms with Crippen molar-refractivity contribution in [3.05, 3.63) is 18.2 Å². The summed E-state index contributed by atoms with van der Waals surface area (Å²) in [4.78, 5) is 3.61. The van der Waals surface area contributed by atoms with Gasteiger partial charge in [-0.05, 0) is 6.92 Å². The summed E-state index contributed by atoms with van der Waals surface area (Å²) in [6.45, 7) is 0.570. The summed E-state index contributed by atoms with van der Waals surface area (Å²) in [6.07, 6.45) is -0.659. The van der Waals surface area contributed by atoms with Crippen LogP contribution in [0.4, 0.5) is 13.2 Å². The van der Waals surface area contributed by atoms with Crippen LogP contribution < -0.4 is 0 Å². The number of nitrogens with zero attached hydrogens (tertiary/aromatic N) is 2. The normalized spacial score (nSPS) is 12.0. The van der Waals surface area contributed by atoms with Crippen molar-refractivity contribution < 1.29 is 13.2 Å². The molecule has 1 aromatic rings. The minimum atomic E-state index is -4.19. The third kappa shape index (κ3) is 2.61. The van der Waals surface area contributed by atoms with E-state index in [1.54, 1.807) is 6.92 Å². The summed E-state index contributed by atoms with van der Waals surface area (Å²) in [5.41, 5.74) is 0.467. The molecule has 61 valence electrons. The summed E-state index contributed by atoms with van der Waals surface area (Å²) < 4.78 is 35.9. The fraction of sp³-hybridized carbons (Fsp3) is 0.500. The Labute approximate surface area is 61.7 Å². The third-order valence-electron chi connectivity index (χ3n) is 1.05. The summed E-state index contributed by atoms with van der Waals surface area (Å²) >= 11 is 0. The number of aryl methyl sites for hydroxylation is 1. The average molecular weight is 163 g/mol. The van der Waals surface area contributed by atoms with Gasteiger partial charge < -0.3 is 4.57 Å². The molecule has 0 N–H and O–H groups in total. The molecule has 0 bridgehead atoms. The van der Waals surface area contributed by atoms with Crippen LogP contribution in [-0.2, 0) is 6.54 Å². The maximum atomic E-state index is 11.7. The molecule has 0 aliphatic carbocycles. The van der Waals surface area contributed by atoms with Gasteiger partial charge in [0.2, 0.25) is 0 Å². The second-order valence-electron chi connectivity index (χ2n) is 2.18.